The van der Waals surface area contributed by atoms with Crippen molar-refractivity contribution in [1.82, 2.24) is 9.80 Å². The minimum atomic E-state index is 0.0413. The van der Waals surface area contributed by atoms with Gasteiger partial charge >= 0.3 is 0 Å². The summed E-state index contributed by atoms with van der Waals surface area (Å²) in [5, 5.41) is 0. The third-order valence-electron chi connectivity index (χ3n) is 3.54. The van der Waals surface area contributed by atoms with E-state index in [9.17, 15) is 9.59 Å². The first-order valence-electron chi connectivity index (χ1n) is 6.95. The Morgan fingerprint density at radius 3 is 2.40 bits per heavy atom. The van der Waals surface area contributed by atoms with Gasteiger partial charge in [-0.05, 0) is 19.1 Å². The van der Waals surface area contributed by atoms with Crippen LogP contribution in [0.4, 0.5) is 0 Å². The van der Waals surface area contributed by atoms with Crippen LogP contribution in [0.5, 0.6) is 0 Å². The molecule has 1 aliphatic heterocycles. The summed E-state index contributed by atoms with van der Waals surface area (Å²) in [6.07, 6.45) is 0.381. The van der Waals surface area contributed by atoms with Gasteiger partial charge in [0.2, 0.25) is 5.91 Å². The molecule has 0 aromatic heterocycles. The van der Waals surface area contributed by atoms with Crippen LogP contribution in [0, 0.1) is 6.92 Å². The van der Waals surface area contributed by atoms with Crippen LogP contribution >= 0.6 is 0 Å². The Balaban J connectivity index is 1.93. The van der Waals surface area contributed by atoms with Gasteiger partial charge in [-0.1, -0.05) is 17.7 Å². The molecule has 0 spiro atoms. The Morgan fingerprint density at radius 1 is 1.15 bits per heavy atom. The van der Waals surface area contributed by atoms with Gasteiger partial charge in [-0.3, -0.25) is 9.59 Å². The van der Waals surface area contributed by atoms with E-state index in [0.717, 1.165) is 5.56 Å². The minimum Gasteiger partial charge on any atom is -0.339 e. The van der Waals surface area contributed by atoms with E-state index in [1.807, 2.05) is 31.2 Å². The Kier molecular flexibility index (Phi) is 4.74. The molecular formula is C15H21N3O2. The first-order chi connectivity index (χ1) is 9.61. The van der Waals surface area contributed by atoms with Gasteiger partial charge in [0.25, 0.3) is 5.91 Å². The molecule has 2 rings (SSSR count). The summed E-state index contributed by atoms with van der Waals surface area (Å²) in [6, 6.07) is 7.60. The van der Waals surface area contributed by atoms with Crippen LogP contribution in [0.3, 0.4) is 0 Å². The monoisotopic (exact) mass is 275 g/mol. The van der Waals surface area contributed by atoms with Gasteiger partial charge in [-0.15, -0.1) is 0 Å². The number of nitrogens with zero attached hydrogens (tertiary/aromatic N) is 2. The van der Waals surface area contributed by atoms with E-state index in [4.69, 9.17) is 5.73 Å². The predicted molar refractivity (Wildman–Crippen MR) is 77.3 cm³/mol. The minimum absolute atomic E-state index is 0.0413. The van der Waals surface area contributed by atoms with Gasteiger partial charge in [0.1, 0.15) is 0 Å². The SMILES string of the molecule is Cc1cccc(C(=O)N2CCN(C(=O)CCN)CC2)c1. The normalized spacial score (nSPS) is 15.3. The maximum atomic E-state index is 12.4. The summed E-state index contributed by atoms with van der Waals surface area (Å²) in [7, 11) is 0. The van der Waals surface area contributed by atoms with Gasteiger partial charge < -0.3 is 15.5 Å². The molecule has 2 amide bonds. The first kappa shape index (κ1) is 14.5. The Morgan fingerprint density at radius 2 is 1.80 bits per heavy atom. The van der Waals surface area contributed by atoms with Crippen LogP contribution in [-0.2, 0) is 4.79 Å². The van der Waals surface area contributed by atoms with Crippen molar-refractivity contribution < 1.29 is 9.59 Å². The van der Waals surface area contributed by atoms with Crippen LogP contribution in [0.25, 0.3) is 0 Å². The lowest BCUT2D eigenvalue weighted by molar-refractivity contribution is -0.132. The standard InChI is InChI=1S/C15H21N3O2/c1-12-3-2-4-13(11-12)15(20)18-9-7-17(8-10-18)14(19)5-6-16/h2-4,11H,5-10,16H2,1H3. The molecule has 1 heterocycles. The number of benzene rings is 1. The topological polar surface area (TPSA) is 66.6 Å². The van der Waals surface area contributed by atoms with Crippen molar-refractivity contribution >= 4 is 11.8 Å². The van der Waals surface area contributed by atoms with Gasteiger partial charge in [0, 0.05) is 44.7 Å². The molecule has 1 aliphatic rings. The maximum Gasteiger partial charge on any atom is 0.253 e. The number of piperazine rings is 1. The molecule has 0 aliphatic carbocycles. The van der Waals surface area contributed by atoms with Crippen LogP contribution < -0.4 is 5.73 Å². The van der Waals surface area contributed by atoms with Crippen molar-refractivity contribution in [2.24, 2.45) is 5.73 Å². The predicted octanol–water partition coefficient (Wildman–Crippen LogP) is 0.628. The third kappa shape index (κ3) is 3.36. The van der Waals surface area contributed by atoms with Gasteiger partial charge in [0.15, 0.2) is 0 Å². The molecule has 0 saturated carbocycles. The van der Waals surface area contributed by atoms with Crippen LogP contribution in [0.2, 0.25) is 0 Å². The zero-order valence-electron chi connectivity index (χ0n) is 11.8. The molecule has 0 unspecified atom stereocenters. The zero-order valence-corrected chi connectivity index (χ0v) is 11.8. The number of hydrogen-bond acceptors (Lipinski definition) is 3. The van der Waals surface area contributed by atoms with Crippen molar-refractivity contribution in [3.05, 3.63) is 35.4 Å². The molecule has 20 heavy (non-hydrogen) atoms. The fraction of sp³-hybridized carbons (Fsp3) is 0.467. The lowest BCUT2D eigenvalue weighted by Gasteiger charge is -2.34. The zero-order chi connectivity index (χ0) is 14.5. The first-order valence-corrected chi connectivity index (χ1v) is 6.95. The number of carbonyl (C=O) groups is 2. The number of carbonyl (C=O) groups excluding carboxylic acids is 2. The Bertz CT molecular complexity index is 494. The lowest BCUT2D eigenvalue weighted by Crippen LogP contribution is -2.50. The van der Waals surface area contributed by atoms with E-state index in [0.29, 0.717) is 44.7 Å². The van der Waals surface area contributed by atoms with Gasteiger partial charge in [0.05, 0.1) is 0 Å². The lowest BCUT2D eigenvalue weighted by atomic mass is 10.1. The number of rotatable bonds is 3. The van der Waals surface area contributed by atoms with Crippen LogP contribution in [0.1, 0.15) is 22.3 Å². The van der Waals surface area contributed by atoms with E-state index in [1.54, 1.807) is 9.80 Å². The quantitative estimate of drug-likeness (QED) is 0.879. The molecule has 0 radical (unpaired) electrons. The van der Waals surface area contributed by atoms with Crippen molar-refractivity contribution in [1.29, 1.82) is 0 Å². The number of aryl methyl sites for hydroxylation is 1. The number of hydrogen-bond donors (Lipinski definition) is 1. The van der Waals surface area contributed by atoms with E-state index in [1.165, 1.54) is 0 Å². The molecule has 1 saturated heterocycles. The second kappa shape index (κ2) is 6.52. The highest BCUT2D eigenvalue weighted by Gasteiger charge is 2.24. The second-order valence-electron chi connectivity index (χ2n) is 5.08. The van der Waals surface area contributed by atoms with E-state index in [-0.39, 0.29) is 11.8 Å². The summed E-state index contributed by atoms with van der Waals surface area (Å²) in [5.41, 5.74) is 7.18. The molecule has 0 bridgehead atoms. The van der Waals surface area contributed by atoms with Crippen molar-refractivity contribution in [3.8, 4) is 0 Å². The fourth-order valence-corrected chi connectivity index (χ4v) is 2.40. The Hall–Kier alpha value is -1.88. The molecule has 5 nitrogen and oxygen atoms in total. The molecule has 108 valence electrons. The highest BCUT2D eigenvalue weighted by molar-refractivity contribution is 5.94. The molecule has 1 fully saturated rings. The molecule has 1 aromatic carbocycles. The average molecular weight is 275 g/mol. The van der Waals surface area contributed by atoms with Gasteiger partial charge in [-0.25, -0.2) is 0 Å². The van der Waals surface area contributed by atoms with Crippen LogP contribution in [-0.4, -0.2) is 54.3 Å². The fourth-order valence-electron chi connectivity index (χ4n) is 2.40. The van der Waals surface area contributed by atoms with Gasteiger partial charge in [-0.2, -0.15) is 0 Å². The molecular weight excluding hydrogens is 254 g/mol. The van der Waals surface area contributed by atoms with Crippen molar-refractivity contribution in [3.63, 3.8) is 0 Å². The van der Waals surface area contributed by atoms with E-state index >= 15 is 0 Å². The average Bonchev–Trinajstić information content (AvgIpc) is 2.47. The summed E-state index contributed by atoms with van der Waals surface area (Å²) in [5.74, 6) is 0.120. The van der Waals surface area contributed by atoms with Crippen LogP contribution in [0.15, 0.2) is 24.3 Å². The van der Waals surface area contributed by atoms with Crippen molar-refractivity contribution in [2.75, 3.05) is 32.7 Å². The highest BCUT2D eigenvalue weighted by Crippen LogP contribution is 2.11. The highest BCUT2D eigenvalue weighted by atomic mass is 16.2. The van der Waals surface area contributed by atoms with Crippen molar-refractivity contribution in [2.45, 2.75) is 13.3 Å². The molecule has 1 aromatic rings. The second-order valence-corrected chi connectivity index (χ2v) is 5.08. The summed E-state index contributed by atoms with van der Waals surface area (Å²) >= 11 is 0. The molecule has 5 heteroatoms. The third-order valence-corrected chi connectivity index (χ3v) is 3.54. The summed E-state index contributed by atoms with van der Waals surface area (Å²) < 4.78 is 0. The summed E-state index contributed by atoms with van der Waals surface area (Å²) in [6.45, 7) is 4.71. The molecule has 2 N–H and O–H groups in total. The van der Waals surface area contributed by atoms with E-state index in [2.05, 4.69) is 0 Å². The number of nitrogens with two attached hydrogens (primary N) is 1. The molecule has 0 atom stereocenters. The largest absolute Gasteiger partial charge is 0.339 e. The van der Waals surface area contributed by atoms with E-state index < -0.39 is 0 Å². The number of amides is 2. The Labute approximate surface area is 119 Å². The summed E-state index contributed by atoms with van der Waals surface area (Å²) in [4.78, 5) is 27.7. The maximum absolute atomic E-state index is 12.4. The smallest absolute Gasteiger partial charge is 0.253 e.